The van der Waals surface area contributed by atoms with Crippen molar-refractivity contribution in [3.8, 4) is 0 Å². The summed E-state index contributed by atoms with van der Waals surface area (Å²) in [4.78, 5) is 16.7. The smallest absolute Gasteiger partial charge is 0.234 e. The first kappa shape index (κ1) is 14.7. The van der Waals surface area contributed by atoms with Gasteiger partial charge in [0.15, 0.2) is 5.82 Å². The maximum Gasteiger partial charge on any atom is 0.234 e. The molecule has 0 radical (unpaired) electrons. The Morgan fingerprint density at radius 1 is 1.19 bits per heavy atom. The maximum absolute atomic E-state index is 12.2. The standard InChI is InChI=1S/C17H26N2O2/c1-2-12-6-5-9-14(10-12)17-18-16(21-19-17)11-15(20)13-7-3-4-8-13/h12-14H,2-11H2,1H3. The molecule has 1 aromatic heterocycles. The van der Waals surface area contributed by atoms with Crippen molar-refractivity contribution in [2.75, 3.05) is 0 Å². The molecule has 3 rings (SSSR count). The summed E-state index contributed by atoms with van der Waals surface area (Å²) in [6.45, 7) is 2.26. The first-order valence-corrected chi connectivity index (χ1v) is 8.61. The van der Waals surface area contributed by atoms with E-state index in [0.717, 1.165) is 31.0 Å². The summed E-state index contributed by atoms with van der Waals surface area (Å²) in [7, 11) is 0. The summed E-state index contributed by atoms with van der Waals surface area (Å²) in [6.07, 6.45) is 11.0. The molecule has 0 N–H and O–H groups in total. The molecule has 1 heterocycles. The third-order valence-corrected chi connectivity index (χ3v) is 5.35. The quantitative estimate of drug-likeness (QED) is 0.820. The Balaban J connectivity index is 1.59. The van der Waals surface area contributed by atoms with Crippen LogP contribution < -0.4 is 0 Å². The molecular weight excluding hydrogens is 264 g/mol. The number of ketones is 1. The monoisotopic (exact) mass is 290 g/mol. The zero-order valence-corrected chi connectivity index (χ0v) is 13.0. The van der Waals surface area contributed by atoms with Gasteiger partial charge in [0.1, 0.15) is 5.78 Å². The molecular formula is C17H26N2O2. The first-order chi connectivity index (χ1) is 10.3. The molecule has 0 aromatic carbocycles. The lowest BCUT2D eigenvalue weighted by molar-refractivity contribution is -0.122. The second-order valence-electron chi connectivity index (χ2n) is 6.81. The highest BCUT2D eigenvalue weighted by Gasteiger charge is 2.28. The van der Waals surface area contributed by atoms with Crippen LogP contribution in [0.1, 0.15) is 82.3 Å². The van der Waals surface area contributed by atoms with E-state index in [1.165, 1.54) is 38.5 Å². The van der Waals surface area contributed by atoms with E-state index in [2.05, 4.69) is 17.1 Å². The molecule has 0 aliphatic heterocycles. The van der Waals surface area contributed by atoms with Gasteiger partial charge in [-0.1, -0.05) is 44.2 Å². The Hall–Kier alpha value is -1.19. The van der Waals surface area contributed by atoms with Gasteiger partial charge in [0.2, 0.25) is 5.89 Å². The van der Waals surface area contributed by atoms with Crippen LogP contribution in [-0.4, -0.2) is 15.9 Å². The fraction of sp³-hybridized carbons (Fsp3) is 0.824. The van der Waals surface area contributed by atoms with E-state index < -0.39 is 0 Å². The molecule has 2 unspecified atom stereocenters. The highest BCUT2D eigenvalue weighted by atomic mass is 16.5. The van der Waals surface area contributed by atoms with Gasteiger partial charge in [-0.2, -0.15) is 4.98 Å². The minimum atomic E-state index is 0.236. The van der Waals surface area contributed by atoms with Gasteiger partial charge in [0.05, 0.1) is 6.42 Å². The van der Waals surface area contributed by atoms with E-state index >= 15 is 0 Å². The topological polar surface area (TPSA) is 56.0 Å². The van der Waals surface area contributed by atoms with Gasteiger partial charge < -0.3 is 4.52 Å². The van der Waals surface area contributed by atoms with E-state index in [4.69, 9.17) is 4.52 Å². The summed E-state index contributed by atoms with van der Waals surface area (Å²) < 4.78 is 5.34. The number of nitrogens with zero attached hydrogens (tertiary/aromatic N) is 2. The van der Waals surface area contributed by atoms with Crippen LogP contribution >= 0.6 is 0 Å². The highest BCUT2D eigenvalue weighted by molar-refractivity contribution is 5.82. The van der Waals surface area contributed by atoms with Gasteiger partial charge in [-0.25, -0.2) is 0 Å². The van der Waals surface area contributed by atoms with Crippen molar-refractivity contribution in [1.29, 1.82) is 0 Å². The van der Waals surface area contributed by atoms with E-state index in [9.17, 15) is 4.79 Å². The van der Waals surface area contributed by atoms with Gasteiger partial charge in [-0.15, -0.1) is 0 Å². The molecule has 2 atom stereocenters. The minimum Gasteiger partial charge on any atom is -0.339 e. The van der Waals surface area contributed by atoms with E-state index in [1.54, 1.807) is 0 Å². The molecule has 0 bridgehead atoms. The highest BCUT2D eigenvalue weighted by Crippen LogP contribution is 2.36. The van der Waals surface area contributed by atoms with Gasteiger partial charge in [-0.05, 0) is 31.6 Å². The summed E-state index contributed by atoms with van der Waals surface area (Å²) in [5.41, 5.74) is 0. The van der Waals surface area contributed by atoms with Crippen molar-refractivity contribution >= 4 is 5.78 Å². The fourth-order valence-corrected chi connectivity index (χ4v) is 3.94. The average molecular weight is 290 g/mol. The molecule has 4 heteroatoms. The molecule has 0 spiro atoms. The Kier molecular flexibility index (Phi) is 4.71. The lowest BCUT2D eigenvalue weighted by Gasteiger charge is -2.26. The van der Waals surface area contributed by atoms with Crippen LogP contribution in [0.5, 0.6) is 0 Å². The molecule has 2 saturated carbocycles. The first-order valence-electron chi connectivity index (χ1n) is 8.61. The number of rotatable bonds is 5. The SMILES string of the molecule is CCC1CCCC(c2noc(CC(=O)C3CCCC3)n2)C1. The van der Waals surface area contributed by atoms with Crippen molar-refractivity contribution in [1.82, 2.24) is 10.1 Å². The number of aromatic nitrogens is 2. The number of hydrogen-bond donors (Lipinski definition) is 0. The largest absolute Gasteiger partial charge is 0.339 e. The molecule has 1 aromatic rings. The Morgan fingerprint density at radius 3 is 2.76 bits per heavy atom. The number of hydrogen-bond acceptors (Lipinski definition) is 4. The van der Waals surface area contributed by atoms with Crippen molar-refractivity contribution in [3.05, 3.63) is 11.7 Å². The molecule has 2 aliphatic rings. The second-order valence-corrected chi connectivity index (χ2v) is 6.81. The molecule has 0 saturated heterocycles. The van der Waals surface area contributed by atoms with Crippen LogP contribution in [0.4, 0.5) is 0 Å². The van der Waals surface area contributed by atoms with E-state index in [-0.39, 0.29) is 11.7 Å². The summed E-state index contributed by atoms with van der Waals surface area (Å²) in [6, 6.07) is 0. The molecule has 2 aliphatic carbocycles. The Morgan fingerprint density at radius 2 is 2.00 bits per heavy atom. The van der Waals surface area contributed by atoms with Crippen LogP contribution in [0.3, 0.4) is 0 Å². The van der Waals surface area contributed by atoms with Gasteiger partial charge in [0, 0.05) is 11.8 Å². The lowest BCUT2D eigenvalue weighted by Crippen LogP contribution is -2.15. The maximum atomic E-state index is 12.2. The average Bonchev–Trinajstić information content (AvgIpc) is 3.18. The molecule has 2 fully saturated rings. The number of Topliss-reactive ketones (excluding diaryl/α,β-unsaturated/α-hetero) is 1. The molecule has 21 heavy (non-hydrogen) atoms. The summed E-state index contributed by atoms with van der Waals surface area (Å²) >= 11 is 0. The third kappa shape index (κ3) is 3.53. The van der Waals surface area contributed by atoms with Crippen molar-refractivity contribution in [3.63, 3.8) is 0 Å². The van der Waals surface area contributed by atoms with Gasteiger partial charge in [0.25, 0.3) is 0 Å². The zero-order valence-electron chi connectivity index (χ0n) is 13.0. The third-order valence-electron chi connectivity index (χ3n) is 5.35. The van der Waals surface area contributed by atoms with E-state index in [0.29, 0.717) is 18.2 Å². The predicted octanol–water partition coefficient (Wildman–Crippen LogP) is 4.06. The van der Waals surface area contributed by atoms with Crippen LogP contribution in [0, 0.1) is 11.8 Å². The number of carbonyl (C=O) groups is 1. The van der Waals surface area contributed by atoms with E-state index in [1.807, 2.05) is 0 Å². The lowest BCUT2D eigenvalue weighted by atomic mass is 9.80. The number of carbonyl (C=O) groups excluding carboxylic acids is 1. The van der Waals surface area contributed by atoms with Crippen molar-refractivity contribution < 1.29 is 9.32 Å². The van der Waals surface area contributed by atoms with Gasteiger partial charge in [-0.3, -0.25) is 4.79 Å². The van der Waals surface area contributed by atoms with Crippen molar-refractivity contribution in [2.24, 2.45) is 11.8 Å². The molecule has 0 amide bonds. The fourth-order valence-electron chi connectivity index (χ4n) is 3.94. The zero-order chi connectivity index (χ0) is 14.7. The summed E-state index contributed by atoms with van der Waals surface area (Å²) in [5, 5.41) is 4.15. The van der Waals surface area contributed by atoms with Gasteiger partial charge >= 0.3 is 0 Å². The van der Waals surface area contributed by atoms with Crippen LogP contribution in [-0.2, 0) is 11.2 Å². The molecule has 116 valence electrons. The van der Waals surface area contributed by atoms with Crippen LogP contribution in [0.2, 0.25) is 0 Å². The van der Waals surface area contributed by atoms with Crippen LogP contribution in [0.25, 0.3) is 0 Å². The predicted molar refractivity (Wildman–Crippen MR) is 80.0 cm³/mol. The normalized spacial score (nSPS) is 27.1. The van der Waals surface area contributed by atoms with Crippen molar-refractivity contribution in [2.45, 2.75) is 77.0 Å². The second kappa shape index (κ2) is 6.71. The van der Waals surface area contributed by atoms with Crippen LogP contribution in [0.15, 0.2) is 4.52 Å². The Labute approximate surface area is 126 Å². The minimum absolute atomic E-state index is 0.236. The summed E-state index contributed by atoms with van der Waals surface area (Å²) in [5.74, 6) is 3.12. The Bertz CT molecular complexity index is 477. The molecule has 4 nitrogen and oxygen atoms in total.